The van der Waals surface area contributed by atoms with Crippen molar-refractivity contribution in [2.45, 2.75) is 39.3 Å². The van der Waals surface area contributed by atoms with Crippen LogP contribution in [0.5, 0.6) is 0 Å². The highest BCUT2D eigenvalue weighted by molar-refractivity contribution is 9.10. The summed E-state index contributed by atoms with van der Waals surface area (Å²) in [5, 5.41) is 4.83. The van der Waals surface area contributed by atoms with E-state index in [1.54, 1.807) is 11.3 Å². The molecule has 0 spiro atoms. The first-order valence-corrected chi connectivity index (χ1v) is 8.26. The molecule has 0 saturated carbocycles. The Bertz CT molecular complexity index is 507. The molecule has 1 atom stereocenters. The molecular formula is C15H19BrN2S. The minimum absolute atomic E-state index is 0.403. The monoisotopic (exact) mass is 338 g/mol. The van der Waals surface area contributed by atoms with Crippen molar-refractivity contribution in [1.29, 1.82) is 0 Å². The van der Waals surface area contributed by atoms with Crippen LogP contribution in [0, 0.1) is 0 Å². The molecule has 0 fully saturated rings. The van der Waals surface area contributed by atoms with Crippen LogP contribution in [0.3, 0.4) is 0 Å². The first kappa shape index (κ1) is 14.7. The average Bonchev–Trinajstić information content (AvgIpc) is 2.89. The molecule has 0 radical (unpaired) electrons. The Hall–Kier alpha value is -0.710. The van der Waals surface area contributed by atoms with Gasteiger partial charge in [-0.25, -0.2) is 4.98 Å². The third-order valence-electron chi connectivity index (χ3n) is 3.11. The highest BCUT2D eigenvalue weighted by atomic mass is 79.9. The van der Waals surface area contributed by atoms with Gasteiger partial charge in [-0.15, -0.1) is 11.3 Å². The van der Waals surface area contributed by atoms with Crippen LogP contribution in [0.15, 0.2) is 34.9 Å². The average molecular weight is 339 g/mol. The minimum atomic E-state index is 0.403. The SMILES string of the molecule is CCc1ncc(CNC(CC)c2ccc(Br)cc2)s1. The van der Waals surface area contributed by atoms with E-state index in [-0.39, 0.29) is 0 Å². The molecule has 0 aliphatic rings. The van der Waals surface area contributed by atoms with E-state index < -0.39 is 0 Å². The summed E-state index contributed by atoms with van der Waals surface area (Å²) in [6.45, 7) is 5.25. The molecule has 0 amide bonds. The number of halogens is 1. The first-order valence-electron chi connectivity index (χ1n) is 6.65. The van der Waals surface area contributed by atoms with Crippen LogP contribution in [-0.2, 0) is 13.0 Å². The number of hydrogen-bond acceptors (Lipinski definition) is 3. The van der Waals surface area contributed by atoms with Gasteiger partial charge in [0.15, 0.2) is 0 Å². The maximum atomic E-state index is 4.40. The minimum Gasteiger partial charge on any atom is -0.305 e. The van der Waals surface area contributed by atoms with Crippen molar-refractivity contribution in [3.8, 4) is 0 Å². The smallest absolute Gasteiger partial charge is 0.0925 e. The molecular weight excluding hydrogens is 320 g/mol. The van der Waals surface area contributed by atoms with Crippen molar-refractivity contribution in [3.05, 3.63) is 50.4 Å². The van der Waals surface area contributed by atoms with Crippen LogP contribution in [-0.4, -0.2) is 4.98 Å². The molecule has 0 bridgehead atoms. The van der Waals surface area contributed by atoms with E-state index >= 15 is 0 Å². The standard InChI is InChI=1S/C15H19BrN2S/c1-3-14(11-5-7-12(16)8-6-11)17-9-13-10-18-15(4-2)19-13/h5-8,10,14,17H,3-4,9H2,1-2H3. The maximum Gasteiger partial charge on any atom is 0.0925 e. The Morgan fingerprint density at radius 1 is 1.26 bits per heavy atom. The van der Waals surface area contributed by atoms with Crippen LogP contribution < -0.4 is 5.32 Å². The van der Waals surface area contributed by atoms with Crippen LogP contribution in [0.4, 0.5) is 0 Å². The van der Waals surface area contributed by atoms with E-state index in [9.17, 15) is 0 Å². The summed E-state index contributed by atoms with van der Waals surface area (Å²) in [5.74, 6) is 0. The summed E-state index contributed by atoms with van der Waals surface area (Å²) in [4.78, 5) is 5.71. The number of thiazole rings is 1. The van der Waals surface area contributed by atoms with Gasteiger partial charge >= 0.3 is 0 Å². The van der Waals surface area contributed by atoms with Gasteiger partial charge in [-0.3, -0.25) is 0 Å². The quantitative estimate of drug-likeness (QED) is 0.824. The number of nitrogens with one attached hydrogen (secondary N) is 1. The van der Waals surface area contributed by atoms with E-state index in [0.717, 1.165) is 23.9 Å². The molecule has 1 unspecified atom stereocenters. The molecule has 1 aromatic heterocycles. The fourth-order valence-corrected chi connectivity index (χ4v) is 3.09. The summed E-state index contributed by atoms with van der Waals surface area (Å²) < 4.78 is 1.13. The Morgan fingerprint density at radius 3 is 2.58 bits per heavy atom. The largest absolute Gasteiger partial charge is 0.305 e. The molecule has 1 heterocycles. The highest BCUT2D eigenvalue weighted by Crippen LogP contribution is 2.21. The zero-order valence-electron chi connectivity index (χ0n) is 11.3. The lowest BCUT2D eigenvalue weighted by Gasteiger charge is -2.16. The summed E-state index contributed by atoms with van der Waals surface area (Å²) in [6, 6.07) is 8.95. The van der Waals surface area contributed by atoms with Crippen LogP contribution in [0.2, 0.25) is 0 Å². The normalized spacial score (nSPS) is 12.6. The maximum absolute atomic E-state index is 4.40. The highest BCUT2D eigenvalue weighted by Gasteiger charge is 2.09. The van der Waals surface area contributed by atoms with Crippen molar-refractivity contribution < 1.29 is 0 Å². The van der Waals surface area contributed by atoms with Gasteiger partial charge in [0.1, 0.15) is 0 Å². The van der Waals surface area contributed by atoms with Crippen molar-refractivity contribution in [1.82, 2.24) is 10.3 Å². The van der Waals surface area contributed by atoms with Gasteiger partial charge in [0.2, 0.25) is 0 Å². The fourth-order valence-electron chi connectivity index (χ4n) is 2.01. The van der Waals surface area contributed by atoms with Gasteiger partial charge in [-0.2, -0.15) is 0 Å². The lowest BCUT2D eigenvalue weighted by atomic mass is 10.0. The Kier molecular flexibility index (Phi) is 5.55. The topological polar surface area (TPSA) is 24.9 Å². The van der Waals surface area contributed by atoms with Crippen molar-refractivity contribution in [2.75, 3.05) is 0 Å². The van der Waals surface area contributed by atoms with Gasteiger partial charge in [-0.1, -0.05) is 41.9 Å². The number of hydrogen-bond donors (Lipinski definition) is 1. The fraction of sp³-hybridized carbons (Fsp3) is 0.400. The van der Waals surface area contributed by atoms with E-state index in [1.807, 2.05) is 6.20 Å². The lowest BCUT2D eigenvalue weighted by molar-refractivity contribution is 0.521. The number of aryl methyl sites for hydroxylation is 1. The summed E-state index contributed by atoms with van der Waals surface area (Å²) in [6.07, 6.45) is 4.10. The Morgan fingerprint density at radius 2 is 2.00 bits per heavy atom. The second-order valence-corrected chi connectivity index (χ2v) is 6.58. The predicted molar refractivity (Wildman–Crippen MR) is 85.5 cm³/mol. The third-order valence-corrected chi connectivity index (χ3v) is 4.78. The molecule has 1 N–H and O–H groups in total. The van der Waals surface area contributed by atoms with Crippen molar-refractivity contribution >= 4 is 27.3 Å². The van der Waals surface area contributed by atoms with Gasteiger partial charge in [0, 0.05) is 28.1 Å². The molecule has 102 valence electrons. The molecule has 4 heteroatoms. The molecule has 2 rings (SSSR count). The lowest BCUT2D eigenvalue weighted by Crippen LogP contribution is -2.19. The number of nitrogens with zero attached hydrogens (tertiary/aromatic N) is 1. The zero-order chi connectivity index (χ0) is 13.7. The molecule has 0 saturated heterocycles. The van der Waals surface area contributed by atoms with E-state index in [4.69, 9.17) is 0 Å². The van der Waals surface area contributed by atoms with Crippen LogP contribution in [0.1, 0.15) is 41.8 Å². The second kappa shape index (κ2) is 7.17. The Balaban J connectivity index is 1.97. The van der Waals surface area contributed by atoms with Gasteiger partial charge in [-0.05, 0) is 30.5 Å². The summed E-state index contributed by atoms with van der Waals surface area (Å²) in [7, 11) is 0. The first-order chi connectivity index (χ1) is 9.22. The van der Waals surface area contributed by atoms with Gasteiger partial charge in [0.05, 0.1) is 5.01 Å². The number of benzene rings is 1. The van der Waals surface area contributed by atoms with Crippen LogP contribution in [0.25, 0.3) is 0 Å². The summed E-state index contributed by atoms with van der Waals surface area (Å²) >= 11 is 5.28. The van der Waals surface area contributed by atoms with Crippen molar-refractivity contribution in [3.63, 3.8) is 0 Å². The molecule has 19 heavy (non-hydrogen) atoms. The predicted octanol–water partition coefficient (Wildman–Crippen LogP) is 4.71. The van der Waals surface area contributed by atoms with E-state index in [2.05, 4.69) is 64.3 Å². The molecule has 2 nitrogen and oxygen atoms in total. The third kappa shape index (κ3) is 4.13. The summed E-state index contributed by atoms with van der Waals surface area (Å²) in [5.41, 5.74) is 1.34. The molecule has 2 aromatic rings. The number of rotatable bonds is 6. The van der Waals surface area contributed by atoms with Gasteiger partial charge < -0.3 is 5.32 Å². The Labute approximate surface area is 127 Å². The van der Waals surface area contributed by atoms with Crippen molar-refractivity contribution in [2.24, 2.45) is 0 Å². The molecule has 1 aromatic carbocycles. The van der Waals surface area contributed by atoms with Crippen LogP contribution >= 0.6 is 27.3 Å². The van der Waals surface area contributed by atoms with Gasteiger partial charge in [0.25, 0.3) is 0 Å². The van der Waals surface area contributed by atoms with E-state index in [1.165, 1.54) is 15.4 Å². The number of aromatic nitrogens is 1. The zero-order valence-corrected chi connectivity index (χ0v) is 13.7. The molecule has 0 aliphatic carbocycles. The second-order valence-electron chi connectivity index (χ2n) is 4.47. The van der Waals surface area contributed by atoms with E-state index in [0.29, 0.717) is 6.04 Å². The molecule has 0 aliphatic heterocycles.